The zero-order valence-electron chi connectivity index (χ0n) is 15.4. The molecule has 154 valence electrons. The Morgan fingerprint density at radius 3 is 2.30 bits per heavy atom. The predicted molar refractivity (Wildman–Crippen MR) is 99.7 cm³/mol. The van der Waals surface area contributed by atoms with Gasteiger partial charge in [0.25, 0.3) is 0 Å². The maximum atomic E-state index is 12.8. The summed E-state index contributed by atoms with van der Waals surface area (Å²) in [6, 6.07) is 9.27. The summed E-state index contributed by atoms with van der Waals surface area (Å²) < 4.78 is 40.6. The van der Waals surface area contributed by atoms with Gasteiger partial charge in [-0.3, -0.25) is 9.69 Å². The Bertz CT molecular complexity index is 577. The second-order valence-electron chi connectivity index (χ2n) is 6.72. The van der Waals surface area contributed by atoms with Crippen molar-refractivity contribution in [3.05, 3.63) is 35.9 Å². The SMILES string of the molecule is CC(N)(C(=O)N1CCN(CCCOCC(F)(F)F)CC1)c1ccccc1.Cl. The molecule has 2 N–H and O–H groups in total. The van der Waals surface area contributed by atoms with Crippen LogP contribution < -0.4 is 5.73 Å². The van der Waals surface area contributed by atoms with Gasteiger partial charge in [0, 0.05) is 39.3 Å². The van der Waals surface area contributed by atoms with E-state index in [0.29, 0.717) is 39.1 Å². The van der Waals surface area contributed by atoms with Crippen LogP contribution >= 0.6 is 12.4 Å². The monoisotopic (exact) mass is 409 g/mol. The lowest BCUT2D eigenvalue weighted by atomic mass is 9.91. The van der Waals surface area contributed by atoms with Gasteiger partial charge in [-0.1, -0.05) is 30.3 Å². The highest BCUT2D eigenvalue weighted by Crippen LogP contribution is 2.21. The first kappa shape index (κ1) is 23.7. The van der Waals surface area contributed by atoms with Crippen molar-refractivity contribution >= 4 is 18.3 Å². The Balaban J connectivity index is 0.00000364. The first-order valence-electron chi connectivity index (χ1n) is 8.71. The Hall–Kier alpha value is -1.35. The minimum atomic E-state index is -4.28. The molecule has 0 radical (unpaired) electrons. The average Bonchev–Trinajstić information content (AvgIpc) is 2.61. The second-order valence-corrected chi connectivity index (χ2v) is 6.72. The van der Waals surface area contributed by atoms with Crippen molar-refractivity contribution in [3.63, 3.8) is 0 Å². The molecule has 1 aromatic carbocycles. The zero-order valence-corrected chi connectivity index (χ0v) is 16.2. The van der Waals surface area contributed by atoms with Crippen LogP contribution in [0.25, 0.3) is 0 Å². The van der Waals surface area contributed by atoms with Gasteiger partial charge in [0.1, 0.15) is 12.1 Å². The molecule has 0 spiro atoms. The Kier molecular flexibility index (Phi) is 9.01. The maximum absolute atomic E-state index is 12.8. The van der Waals surface area contributed by atoms with E-state index >= 15 is 0 Å². The normalized spacial score (nSPS) is 17.9. The molecule has 0 aliphatic carbocycles. The molecule has 1 aliphatic heterocycles. The summed E-state index contributed by atoms with van der Waals surface area (Å²) in [6.45, 7) is 3.71. The molecule has 0 saturated carbocycles. The molecule has 1 aromatic rings. The van der Waals surface area contributed by atoms with E-state index in [2.05, 4.69) is 9.64 Å². The largest absolute Gasteiger partial charge is 0.411 e. The van der Waals surface area contributed by atoms with E-state index in [1.165, 1.54) is 0 Å². The van der Waals surface area contributed by atoms with Crippen LogP contribution in [0.15, 0.2) is 30.3 Å². The fourth-order valence-electron chi connectivity index (χ4n) is 2.99. The van der Waals surface area contributed by atoms with Gasteiger partial charge in [0.2, 0.25) is 5.91 Å². The van der Waals surface area contributed by atoms with E-state index < -0.39 is 18.3 Å². The lowest BCUT2D eigenvalue weighted by Gasteiger charge is -2.38. The molecule has 9 heteroatoms. The lowest BCUT2D eigenvalue weighted by Crippen LogP contribution is -2.56. The van der Waals surface area contributed by atoms with Crippen molar-refractivity contribution in [2.45, 2.75) is 25.1 Å². The highest BCUT2D eigenvalue weighted by molar-refractivity contribution is 5.87. The highest BCUT2D eigenvalue weighted by Gasteiger charge is 2.35. The van der Waals surface area contributed by atoms with E-state index in [-0.39, 0.29) is 24.9 Å². The third-order valence-corrected chi connectivity index (χ3v) is 4.51. The van der Waals surface area contributed by atoms with Gasteiger partial charge in [-0.05, 0) is 18.9 Å². The molecule has 1 fully saturated rings. The Morgan fingerprint density at radius 2 is 1.74 bits per heavy atom. The second kappa shape index (κ2) is 10.3. The molecule has 1 saturated heterocycles. The van der Waals surface area contributed by atoms with Crippen molar-refractivity contribution in [1.29, 1.82) is 0 Å². The van der Waals surface area contributed by atoms with Crippen LogP contribution in [0.2, 0.25) is 0 Å². The number of carbonyl (C=O) groups excluding carboxylic acids is 1. The molecular weight excluding hydrogens is 383 g/mol. The molecule has 2 rings (SSSR count). The number of carbonyl (C=O) groups is 1. The third kappa shape index (κ3) is 7.29. The van der Waals surface area contributed by atoms with Gasteiger partial charge < -0.3 is 15.4 Å². The van der Waals surface area contributed by atoms with Gasteiger partial charge in [-0.25, -0.2) is 0 Å². The molecule has 1 unspecified atom stereocenters. The number of hydrogen-bond donors (Lipinski definition) is 1. The van der Waals surface area contributed by atoms with Crippen molar-refractivity contribution in [1.82, 2.24) is 9.80 Å². The average molecular weight is 410 g/mol. The molecular formula is C18H27ClF3N3O2. The predicted octanol–water partition coefficient (Wildman–Crippen LogP) is 2.40. The molecule has 0 bridgehead atoms. The van der Waals surface area contributed by atoms with Crippen LogP contribution in [0, 0.1) is 0 Å². The summed E-state index contributed by atoms with van der Waals surface area (Å²) >= 11 is 0. The van der Waals surface area contributed by atoms with Crippen LogP contribution in [0.1, 0.15) is 18.9 Å². The molecule has 0 aromatic heterocycles. The number of amides is 1. The molecule has 27 heavy (non-hydrogen) atoms. The summed E-state index contributed by atoms with van der Waals surface area (Å²) in [7, 11) is 0. The minimum Gasteiger partial charge on any atom is -0.372 e. The fraction of sp³-hybridized carbons (Fsp3) is 0.611. The highest BCUT2D eigenvalue weighted by atomic mass is 35.5. The van der Waals surface area contributed by atoms with Crippen LogP contribution in [0.4, 0.5) is 13.2 Å². The standard InChI is InChI=1S/C18H26F3N3O2.ClH/c1-17(22,15-6-3-2-4-7-15)16(25)24-11-9-23(10-12-24)8-5-13-26-14-18(19,20)21;/h2-4,6-7H,5,8-14,22H2,1H3;1H. The van der Waals surface area contributed by atoms with Gasteiger partial charge >= 0.3 is 6.18 Å². The Labute approximate surface area is 164 Å². The van der Waals surface area contributed by atoms with E-state index in [1.807, 2.05) is 30.3 Å². The topological polar surface area (TPSA) is 58.8 Å². The van der Waals surface area contributed by atoms with Crippen molar-refractivity contribution in [2.24, 2.45) is 5.73 Å². The van der Waals surface area contributed by atoms with Crippen LogP contribution in [0.5, 0.6) is 0 Å². The van der Waals surface area contributed by atoms with E-state index in [1.54, 1.807) is 11.8 Å². The first-order chi connectivity index (χ1) is 12.2. The van der Waals surface area contributed by atoms with E-state index in [4.69, 9.17) is 5.73 Å². The summed E-state index contributed by atoms with van der Waals surface area (Å²) in [5.74, 6) is -0.114. The molecule has 1 heterocycles. The molecule has 5 nitrogen and oxygen atoms in total. The number of halogens is 4. The number of ether oxygens (including phenoxy) is 1. The van der Waals surface area contributed by atoms with Crippen LogP contribution in [-0.4, -0.2) is 67.8 Å². The summed E-state index contributed by atoms with van der Waals surface area (Å²) in [5.41, 5.74) is 5.98. The number of piperazine rings is 1. The van der Waals surface area contributed by atoms with Gasteiger partial charge in [0.05, 0.1) is 0 Å². The van der Waals surface area contributed by atoms with Gasteiger partial charge in [-0.2, -0.15) is 13.2 Å². The van der Waals surface area contributed by atoms with E-state index in [9.17, 15) is 18.0 Å². The number of rotatable bonds is 7. The van der Waals surface area contributed by atoms with Crippen LogP contribution in [-0.2, 0) is 15.1 Å². The number of benzene rings is 1. The van der Waals surface area contributed by atoms with Crippen LogP contribution in [0.3, 0.4) is 0 Å². The summed E-state index contributed by atoms with van der Waals surface area (Å²) in [4.78, 5) is 16.7. The number of nitrogens with zero attached hydrogens (tertiary/aromatic N) is 2. The molecule has 1 atom stereocenters. The quantitative estimate of drug-likeness (QED) is 0.702. The number of nitrogens with two attached hydrogens (primary N) is 1. The minimum absolute atomic E-state index is 0. The summed E-state index contributed by atoms with van der Waals surface area (Å²) in [6.07, 6.45) is -3.75. The van der Waals surface area contributed by atoms with Crippen molar-refractivity contribution in [3.8, 4) is 0 Å². The summed E-state index contributed by atoms with van der Waals surface area (Å²) in [5, 5.41) is 0. The third-order valence-electron chi connectivity index (χ3n) is 4.51. The van der Waals surface area contributed by atoms with Gasteiger partial charge in [-0.15, -0.1) is 12.4 Å². The zero-order chi connectivity index (χ0) is 19.2. The lowest BCUT2D eigenvalue weighted by molar-refractivity contribution is -0.174. The van der Waals surface area contributed by atoms with Crippen molar-refractivity contribution < 1.29 is 22.7 Å². The smallest absolute Gasteiger partial charge is 0.372 e. The van der Waals surface area contributed by atoms with Gasteiger partial charge in [0.15, 0.2) is 0 Å². The first-order valence-corrected chi connectivity index (χ1v) is 8.71. The number of hydrogen-bond acceptors (Lipinski definition) is 4. The molecule has 1 aliphatic rings. The maximum Gasteiger partial charge on any atom is 0.411 e. The number of alkyl halides is 3. The Morgan fingerprint density at radius 1 is 1.15 bits per heavy atom. The van der Waals surface area contributed by atoms with E-state index in [0.717, 1.165) is 5.56 Å². The van der Waals surface area contributed by atoms with Crippen molar-refractivity contribution in [2.75, 3.05) is 45.9 Å². The molecule has 1 amide bonds. The fourth-order valence-corrected chi connectivity index (χ4v) is 2.99.